The van der Waals surface area contributed by atoms with E-state index in [4.69, 9.17) is 0 Å². The topological polar surface area (TPSA) is 32.3 Å². The number of rotatable bonds is 4. The fourth-order valence-corrected chi connectivity index (χ4v) is 5.69. The summed E-state index contributed by atoms with van der Waals surface area (Å²) in [6.45, 7) is 3.11. The molecule has 3 aromatic rings. The molecule has 0 saturated heterocycles. The molecule has 3 nitrogen and oxygen atoms in total. The van der Waals surface area contributed by atoms with Crippen LogP contribution < -0.4 is 10.2 Å². The number of nitrogens with one attached hydrogen (secondary N) is 1. The van der Waals surface area contributed by atoms with Crippen LogP contribution in [0, 0.1) is 0 Å². The number of hydrogen-bond acceptors (Lipinski definition) is 4. The Balaban J connectivity index is 1.66. The number of Topliss-reactive ketones (excluding diaryl/α,β-unsaturated/α-hetero) is 1. The first-order valence-electron chi connectivity index (χ1n) is 10.7. The maximum atomic E-state index is 13.7. The van der Waals surface area contributed by atoms with E-state index in [1.165, 1.54) is 16.1 Å². The van der Waals surface area contributed by atoms with E-state index in [0.29, 0.717) is 6.42 Å². The van der Waals surface area contributed by atoms with Crippen LogP contribution in [0.15, 0.2) is 83.4 Å². The minimum atomic E-state index is -0.0275. The van der Waals surface area contributed by atoms with Gasteiger partial charge in [0.25, 0.3) is 0 Å². The van der Waals surface area contributed by atoms with Crippen LogP contribution in [0.3, 0.4) is 0 Å². The molecule has 30 heavy (non-hydrogen) atoms. The molecule has 4 heteroatoms. The Hall–Kier alpha value is -2.85. The van der Waals surface area contributed by atoms with Crippen LogP contribution in [0.25, 0.3) is 0 Å². The standard InChI is InChI=1S/C26H26N2OS/c1-2-14-28-22-12-7-6-11-20(22)27-21-16-19(18-9-4-3-5-10-18)17-23(29)25(21)26(28)24-13-8-15-30-24/h3-13,15,19,26-27H,2,14,16-17H2,1H3/t19-,26-/m0/s1. The molecule has 1 aliphatic carbocycles. The summed E-state index contributed by atoms with van der Waals surface area (Å²) < 4.78 is 0. The van der Waals surface area contributed by atoms with Crippen molar-refractivity contribution in [1.29, 1.82) is 0 Å². The van der Waals surface area contributed by atoms with Gasteiger partial charge in [-0.05, 0) is 47.9 Å². The van der Waals surface area contributed by atoms with Gasteiger partial charge in [0.2, 0.25) is 0 Å². The predicted octanol–water partition coefficient (Wildman–Crippen LogP) is 6.53. The van der Waals surface area contributed by atoms with E-state index >= 15 is 0 Å². The molecule has 152 valence electrons. The number of hydrogen-bond donors (Lipinski definition) is 1. The van der Waals surface area contributed by atoms with E-state index in [0.717, 1.165) is 36.3 Å². The predicted molar refractivity (Wildman–Crippen MR) is 125 cm³/mol. The number of thiophene rings is 1. The SMILES string of the molecule is CCCN1c2ccccc2NC2=C(C(=O)C[C@@H](c3ccccc3)C2)[C@@H]1c1cccs1. The van der Waals surface area contributed by atoms with Crippen molar-refractivity contribution in [2.45, 2.75) is 38.1 Å². The Labute approximate surface area is 182 Å². The van der Waals surface area contributed by atoms with Crippen LogP contribution in [-0.2, 0) is 4.79 Å². The molecule has 1 aromatic heterocycles. The molecular formula is C26H26N2OS. The summed E-state index contributed by atoms with van der Waals surface area (Å²) in [6, 6.07) is 23.2. The van der Waals surface area contributed by atoms with Crippen molar-refractivity contribution in [3.05, 3.63) is 93.8 Å². The van der Waals surface area contributed by atoms with Gasteiger partial charge in [-0.1, -0.05) is 55.5 Å². The second-order valence-corrected chi connectivity index (χ2v) is 9.06. The molecular weight excluding hydrogens is 388 g/mol. The highest BCUT2D eigenvalue weighted by Crippen LogP contribution is 2.47. The smallest absolute Gasteiger partial charge is 0.163 e. The van der Waals surface area contributed by atoms with Gasteiger partial charge in [-0.25, -0.2) is 0 Å². The zero-order chi connectivity index (χ0) is 20.5. The van der Waals surface area contributed by atoms with E-state index in [-0.39, 0.29) is 17.7 Å². The van der Waals surface area contributed by atoms with Crippen molar-refractivity contribution in [3.63, 3.8) is 0 Å². The van der Waals surface area contributed by atoms with Crippen molar-refractivity contribution in [1.82, 2.24) is 0 Å². The summed E-state index contributed by atoms with van der Waals surface area (Å²) in [7, 11) is 0. The van der Waals surface area contributed by atoms with E-state index in [9.17, 15) is 4.79 Å². The summed E-state index contributed by atoms with van der Waals surface area (Å²) in [5.41, 5.74) is 5.56. The Bertz CT molecular complexity index is 1070. The van der Waals surface area contributed by atoms with Crippen molar-refractivity contribution >= 4 is 28.5 Å². The average molecular weight is 415 g/mol. The Kier molecular flexibility index (Phi) is 5.17. The highest BCUT2D eigenvalue weighted by Gasteiger charge is 2.39. The molecule has 2 aliphatic rings. The molecule has 0 radical (unpaired) electrons. The van der Waals surface area contributed by atoms with E-state index in [1.807, 2.05) is 6.07 Å². The maximum absolute atomic E-state index is 13.7. The van der Waals surface area contributed by atoms with Gasteiger partial charge in [0.15, 0.2) is 5.78 Å². The summed E-state index contributed by atoms with van der Waals surface area (Å²) in [5, 5.41) is 5.81. The monoisotopic (exact) mass is 414 g/mol. The summed E-state index contributed by atoms with van der Waals surface area (Å²) in [6.07, 6.45) is 2.46. The lowest BCUT2D eigenvalue weighted by atomic mass is 9.79. The Morgan fingerprint density at radius 3 is 2.57 bits per heavy atom. The zero-order valence-corrected chi connectivity index (χ0v) is 18.0. The average Bonchev–Trinajstić information content (AvgIpc) is 3.26. The molecule has 0 amide bonds. The van der Waals surface area contributed by atoms with Crippen LogP contribution in [0.1, 0.15) is 48.6 Å². The van der Waals surface area contributed by atoms with E-state index in [2.05, 4.69) is 83.2 Å². The minimum absolute atomic E-state index is 0.0275. The van der Waals surface area contributed by atoms with Gasteiger partial charge >= 0.3 is 0 Å². The number of benzene rings is 2. The van der Waals surface area contributed by atoms with Gasteiger partial charge in [-0.2, -0.15) is 0 Å². The molecule has 5 rings (SSSR count). The number of anilines is 2. The number of allylic oxidation sites excluding steroid dienone is 1. The Morgan fingerprint density at radius 1 is 1.00 bits per heavy atom. The highest BCUT2D eigenvalue weighted by molar-refractivity contribution is 7.10. The summed E-state index contributed by atoms with van der Waals surface area (Å²) >= 11 is 1.74. The van der Waals surface area contributed by atoms with Gasteiger partial charge < -0.3 is 10.2 Å². The Morgan fingerprint density at radius 2 is 1.80 bits per heavy atom. The number of fused-ring (bicyclic) bond motifs is 1. The molecule has 0 saturated carbocycles. The first-order valence-corrected chi connectivity index (χ1v) is 11.6. The second-order valence-electron chi connectivity index (χ2n) is 8.08. The molecule has 2 atom stereocenters. The summed E-state index contributed by atoms with van der Waals surface area (Å²) in [5.74, 6) is 0.490. The van der Waals surface area contributed by atoms with Gasteiger partial charge in [-0.3, -0.25) is 4.79 Å². The largest absolute Gasteiger partial charge is 0.358 e. The lowest BCUT2D eigenvalue weighted by Gasteiger charge is -2.35. The van der Waals surface area contributed by atoms with Crippen LogP contribution in [0.5, 0.6) is 0 Å². The molecule has 0 fully saturated rings. The first-order chi connectivity index (χ1) is 14.8. The van der Waals surface area contributed by atoms with Gasteiger partial charge in [-0.15, -0.1) is 11.3 Å². The molecule has 2 aromatic carbocycles. The lowest BCUT2D eigenvalue weighted by Crippen LogP contribution is -2.34. The third-order valence-corrected chi connectivity index (χ3v) is 7.06. The lowest BCUT2D eigenvalue weighted by molar-refractivity contribution is -0.116. The number of carbonyl (C=O) groups excluding carboxylic acids is 1. The number of carbonyl (C=O) groups is 1. The molecule has 2 heterocycles. The van der Waals surface area contributed by atoms with Crippen molar-refractivity contribution in [2.24, 2.45) is 0 Å². The van der Waals surface area contributed by atoms with Gasteiger partial charge in [0, 0.05) is 29.1 Å². The summed E-state index contributed by atoms with van der Waals surface area (Å²) in [4.78, 5) is 17.3. The fourth-order valence-electron chi connectivity index (χ4n) is 4.85. The molecule has 1 N–H and O–H groups in total. The molecule has 1 aliphatic heterocycles. The molecule has 0 unspecified atom stereocenters. The van der Waals surface area contributed by atoms with Gasteiger partial charge in [0.05, 0.1) is 17.4 Å². The second kappa shape index (κ2) is 8.11. The van der Waals surface area contributed by atoms with Crippen LogP contribution in [-0.4, -0.2) is 12.3 Å². The zero-order valence-electron chi connectivity index (χ0n) is 17.2. The fraction of sp³-hybridized carbons (Fsp3) is 0.269. The van der Waals surface area contributed by atoms with Crippen LogP contribution >= 0.6 is 11.3 Å². The number of nitrogens with zero attached hydrogens (tertiary/aromatic N) is 1. The molecule has 0 bridgehead atoms. The number of para-hydroxylation sites is 2. The van der Waals surface area contributed by atoms with Crippen molar-refractivity contribution in [3.8, 4) is 0 Å². The van der Waals surface area contributed by atoms with Gasteiger partial charge in [0.1, 0.15) is 0 Å². The normalized spacial score (nSPS) is 21.0. The van der Waals surface area contributed by atoms with E-state index < -0.39 is 0 Å². The quantitative estimate of drug-likeness (QED) is 0.527. The first kappa shape index (κ1) is 19.1. The molecule has 0 spiro atoms. The van der Waals surface area contributed by atoms with E-state index in [1.54, 1.807) is 11.3 Å². The third-order valence-electron chi connectivity index (χ3n) is 6.14. The number of ketones is 1. The maximum Gasteiger partial charge on any atom is 0.163 e. The van der Waals surface area contributed by atoms with Crippen LogP contribution in [0.4, 0.5) is 11.4 Å². The van der Waals surface area contributed by atoms with Crippen molar-refractivity contribution in [2.75, 3.05) is 16.8 Å². The minimum Gasteiger partial charge on any atom is -0.358 e. The van der Waals surface area contributed by atoms with Crippen LogP contribution in [0.2, 0.25) is 0 Å². The highest BCUT2D eigenvalue weighted by atomic mass is 32.1. The third kappa shape index (κ3) is 3.35. The van der Waals surface area contributed by atoms with Crippen molar-refractivity contribution < 1.29 is 4.79 Å².